The highest BCUT2D eigenvalue weighted by Gasteiger charge is 2.16. The molecule has 5 heteroatoms. The zero-order chi connectivity index (χ0) is 17.0. The van der Waals surface area contributed by atoms with Crippen LogP contribution in [-0.2, 0) is 9.59 Å². The number of rotatable bonds is 4. The third-order valence-electron chi connectivity index (χ3n) is 3.44. The van der Waals surface area contributed by atoms with Gasteiger partial charge < -0.3 is 10.2 Å². The molecule has 120 valence electrons. The van der Waals surface area contributed by atoms with Gasteiger partial charge in [-0.25, -0.2) is 0 Å². The van der Waals surface area contributed by atoms with E-state index in [4.69, 9.17) is 0 Å². The molecule has 0 spiro atoms. The summed E-state index contributed by atoms with van der Waals surface area (Å²) >= 11 is 3.43. The summed E-state index contributed by atoms with van der Waals surface area (Å²) in [5, 5.41) is 2.83. The van der Waals surface area contributed by atoms with Crippen molar-refractivity contribution in [1.82, 2.24) is 0 Å². The first-order chi connectivity index (χ1) is 10.9. The van der Waals surface area contributed by atoms with Gasteiger partial charge in [0.15, 0.2) is 0 Å². The molecule has 2 amide bonds. The number of hydrogen-bond donors (Lipinski definition) is 1. The van der Waals surface area contributed by atoms with E-state index in [9.17, 15) is 9.59 Å². The van der Waals surface area contributed by atoms with E-state index in [-0.39, 0.29) is 18.4 Å². The number of nitrogens with zero attached hydrogens (tertiary/aromatic N) is 1. The van der Waals surface area contributed by atoms with E-state index in [2.05, 4.69) is 21.2 Å². The third-order valence-corrected chi connectivity index (χ3v) is 4.33. The van der Waals surface area contributed by atoms with Gasteiger partial charge in [-0.05, 0) is 55.3 Å². The van der Waals surface area contributed by atoms with Gasteiger partial charge in [0.25, 0.3) is 0 Å². The second-order valence-corrected chi connectivity index (χ2v) is 6.31. The predicted octanol–water partition coefficient (Wildman–Crippen LogP) is 4.06. The number of aryl methyl sites for hydroxylation is 2. The molecular formula is C18H19BrN2O2. The van der Waals surface area contributed by atoms with Gasteiger partial charge in [-0.3, -0.25) is 9.59 Å². The van der Waals surface area contributed by atoms with E-state index in [0.717, 1.165) is 21.3 Å². The lowest BCUT2D eigenvalue weighted by Crippen LogP contribution is -2.36. The number of nitrogens with one attached hydrogen (secondary N) is 1. The molecule has 2 aromatic rings. The van der Waals surface area contributed by atoms with Gasteiger partial charge in [-0.15, -0.1) is 0 Å². The molecule has 1 N–H and O–H groups in total. The first-order valence-electron chi connectivity index (χ1n) is 7.27. The zero-order valence-electron chi connectivity index (χ0n) is 13.4. The van der Waals surface area contributed by atoms with Crippen molar-refractivity contribution in [2.75, 3.05) is 16.8 Å². The summed E-state index contributed by atoms with van der Waals surface area (Å²) in [5.74, 6) is -0.402. The molecule has 0 aromatic heterocycles. The maximum absolute atomic E-state index is 12.3. The summed E-state index contributed by atoms with van der Waals surface area (Å²) in [6, 6.07) is 13.1. The molecular weight excluding hydrogens is 356 g/mol. The minimum Gasteiger partial charge on any atom is -0.325 e. The summed E-state index contributed by atoms with van der Waals surface area (Å²) in [4.78, 5) is 25.6. The van der Waals surface area contributed by atoms with Crippen LogP contribution in [0.25, 0.3) is 0 Å². The Morgan fingerprint density at radius 3 is 2.48 bits per heavy atom. The highest BCUT2D eigenvalue weighted by molar-refractivity contribution is 9.10. The molecule has 0 atom stereocenters. The van der Waals surface area contributed by atoms with Crippen LogP contribution in [0.15, 0.2) is 46.9 Å². The van der Waals surface area contributed by atoms with Crippen molar-refractivity contribution < 1.29 is 9.59 Å². The molecule has 0 aliphatic carbocycles. The van der Waals surface area contributed by atoms with Gasteiger partial charge in [-0.1, -0.05) is 28.1 Å². The van der Waals surface area contributed by atoms with Crippen molar-refractivity contribution in [3.8, 4) is 0 Å². The van der Waals surface area contributed by atoms with E-state index in [1.807, 2.05) is 56.3 Å². The smallest absolute Gasteiger partial charge is 0.244 e. The predicted molar refractivity (Wildman–Crippen MR) is 96.7 cm³/mol. The summed E-state index contributed by atoms with van der Waals surface area (Å²) in [6.45, 7) is 5.34. The van der Waals surface area contributed by atoms with E-state index < -0.39 is 0 Å². The molecule has 0 radical (unpaired) electrons. The molecule has 4 nitrogen and oxygen atoms in total. The van der Waals surface area contributed by atoms with Crippen LogP contribution in [0.2, 0.25) is 0 Å². The Kier molecular flexibility index (Phi) is 5.55. The Morgan fingerprint density at radius 1 is 1.13 bits per heavy atom. The molecule has 0 aliphatic rings. The van der Waals surface area contributed by atoms with Crippen molar-refractivity contribution >= 4 is 39.1 Å². The Balaban J connectivity index is 2.12. The summed E-state index contributed by atoms with van der Waals surface area (Å²) in [6.07, 6.45) is 0. The van der Waals surface area contributed by atoms with Crippen LogP contribution >= 0.6 is 15.9 Å². The second-order valence-electron chi connectivity index (χ2n) is 5.46. The Hall–Kier alpha value is -2.14. The SMILES string of the molecule is CC(=O)N(CC(=O)Nc1ccc(Br)c(C)c1)c1cccc(C)c1. The van der Waals surface area contributed by atoms with Crippen LogP contribution in [0.5, 0.6) is 0 Å². The lowest BCUT2D eigenvalue weighted by Gasteiger charge is -2.21. The van der Waals surface area contributed by atoms with Crippen molar-refractivity contribution in [2.24, 2.45) is 0 Å². The average Bonchev–Trinajstić information content (AvgIpc) is 2.48. The summed E-state index contributed by atoms with van der Waals surface area (Å²) in [7, 11) is 0. The highest BCUT2D eigenvalue weighted by atomic mass is 79.9. The minimum atomic E-state index is -0.233. The van der Waals surface area contributed by atoms with Crippen molar-refractivity contribution in [1.29, 1.82) is 0 Å². The monoisotopic (exact) mass is 374 g/mol. The van der Waals surface area contributed by atoms with E-state index >= 15 is 0 Å². The van der Waals surface area contributed by atoms with Crippen LogP contribution in [0.4, 0.5) is 11.4 Å². The van der Waals surface area contributed by atoms with E-state index in [1.54, 1.807) is 0 Å². The molecule has 0 bridgehead atoms. The largest absolute Gasteiger partial charge is 0.325 e. The third kappa shape index (κ3) is 4.66. The Labute approximate surface area is 144 Å². The molecule has 0 fully saturated rings. The van der Waals surface area contributed by atoms with Crippen molar-refractivity contribution in [3.63, 3.8) is 0 Å². The van der Waals surface area contributed by atoms with E-state index in [0.29, 0.717) is 5.69 Å². The first kappa shape index (κ1) is 17.2. The average molecular weight is 375 g/mol. The molecule has 23 heavy (non-hydrogen) atoms. The maximum atomic E-state index is 12.3. The molecule has 0 heterocycles. The van der Waals surface area contributed by atoms with Crippen molar-refractivity contribution in [2.45, 2.75) is 20.8 Å². The van der Waals surface area contributed by atoms with E-state index in [1.165, 1.54) is 11.8 Å². The fourth-order valence-corrected chi connectivity index (χ4v) is 2.49. The Morgan fingerprint density at radius 2 is 1.87 bits per heavy atom. The number of carbonyl (C=O) groups is 2. The number of benzene rings is 2. The molecule has 0 saturated carbocycles. The molecule has 0 aliphatic heterocycles. The highest BCUT2D eigenvalue weighted by Crippen LogP contribution is 2.20. The quantitative estimate of drug-likeness (QED) is 0.876. The van der Waals surface area contributed by atoms with Crippen LogP contribution in [0, 0.1) is 13.8 Å². The molecule has 0 saturated heterocycles. The van der Waals surface area contributed by atoms with Gasteiger partial charge in [0.2, 0.25) is 11.8 Å². The van der Waals surface area contributed by atoms with Gasteiger partial charge in [0, 0.05) is 22.8 Å². The summed E-state index contributed by atoms with van der Waals surface area (Å²) < 4.78 is 0.987. The number of carbonyl (C=O) groups excluding carboxylic acids is 2. The van der Waals surface area contributed by atoms with Crippen molar-refractivity contribution in [3.05, 3.63) is 58.1 Å². The molecule has 2 rings (SSSR count). The van der Waals surface area contributed by atoms with Gasteiger partial charge in [0.05, 0.1) is 0 Å². The van der Waals surface area contributed by atoms with Gasteiger partial charge in [0.1, 0.15) is 6.54 Å². The number of halogens is 1. The number of amides is 2. The lowest BCUT2D eigenvalue weighted by atomic mass is 10.2. The normalized spacial score (nSPS) is 10.3. The van der Waals surface area contributed by atoms with Crippen LogP contribution in [0.1, 0.15) is 18.1 Å². The second kappa shape index (κ2) is 7.42. The number of hydrogen-bond acceptors (Lipinski definition) is 2. The van der Waals surface area contributed by atoms with Crippen LogP contribution in [-0.4, -0.2) is 18.4 Å². The van der Waals surface area contributed by atoms with Gasteiger partial charge in [-0.2, -0.15) is 0 Å². The van der Waals surface area contributed by atoms with Gasteiger partial charge >= 0.3 is 0 Å². The number of anilines is 2. The van der Waals surface area contributed by atoms with Crippen LogP contribution < -0.4 is 10.2 Å². The first-order valence-corrected chi connectivity index (χ1v) is 8.07. The fourth-order valence-electron chi connectivity index (χ4n) is 2.25. The molecule has 2 aromatic carbocycles. The summed E-state index contributed by atoms with van der Waals surface area (Å²) in [5.41, 5.74) is 3.51. The minimum absolute atomic E-state index is 0.0199. The standard InChI is InChI=1S/C18H19BrN2O2/c1-12-5-4-6-16(9-12)21(14(3)22)11-18(23)20-15-7-8-17(19)13(2)10-15/h4-10H,11H2,1-3H3,(H,20,23). The Bertz CT molecular complexity index is 744. The zero-order valence-corrected chi connectivity index (χ0v) is 15.0. The molecule has 0 unspecified atom stereocenters. The van der Waals surface area contributed by atoms with Crippen LogP contribution in [0.3, 0.4) is 0 Å². The fraction of sp³-hybridized carbons (Fsp3) is 0.222. The maximum Gasteiger partial charge on any atom is 0.244 e. The lowest BCUT2D eigenvalue weighted by molar-refractivity contribution is -0.120. The topological polar surface area (TPSA) is 49.4 Å².